The van der Waals surface area contributed by atoms with E-state index in [4.69, 9.17) is 21.1 Å². The third kappa shape index (κ3) is 5.43. The van der Waals surface area contributed by atoms with Gasteiger partial charge in [-0.1, -0.05) is 11.6 Å². The van der Waals surface area contributed by atoms with Gasteiger partial charge in [-0.05, 0) is 38.5 Å². The van der Waals surface area contributed by atoms with Crippen LogP contribution in [0, 0.1) is 0 Å². The quantitative estimate of drug-likeness (QED) is 0.558. The molecule has 0 atom stereocenters. The first-order chi connectivity index (χ1) is 15.8. The number of rotatable bonds is 7. The maximum Gasteiger partial charge on any atom is 0.257 e. The topological polar surface area (TPSA) is 98.6 Å². The molecular weight excluding hydrogens is 446 g/mol. The fourth-order valence-electron chi connectivity index (χ4n) is 3.20. The van der Waals surface area contributed by atoms with E-state index >= 15 is 0 Å². The number of nitrogens with one attached hydrogen (secondary N) is 1. The zero-order chi connectivity index (χ0) is 23.5. The number of halogens is 1. The molecular formula is C23H24ClN5O4. The molecule has 0 saturated carbocycles. The molecule has 0 unspecified atom stereocenters. The number of pyridine rings is 1. The molecule has 0 radical (unpaired) electrons. The summed E-state index contributed by atoms with van der Waals surface area (Å²) in [5.74, 6) is 0.831. The Labute approximate surface area is 196 Å². The molecule has 1 fully saturated rings. The van der Waals surface area contributed by atoms with Gasteiger partial charge in [-0.15, -0.1) is 0 Å². The number of hydrogen-bond donors (Lipinski definition) is 1. The van der Waals surface area contributed by atoms with Crippen molar-refractivity contribution in [3.63, 3.8) is 0 Å². The molecule has 1 N–H and O–H groups in total. The van der Waals surface area contributed by atoms with E-state index in [1.54, 1.807) is 47.1 Å². The number of carbonyl (C=O) groups is 2. The van der Waals surface area contributed by atoms with Crippen molar-refractivity contribution in [1.29, 1.82) is 0 Å². The molecule has 0 aliphatic carbocycles. The molecule has 3 aromatic rings. The summed E-state index contributed by atoms with van der Waals surface area (Å²) in [6, 6.07) is 8.05. The molecule has 9 nitrogen and oxygen atoms in total. The molecule has 172 valence electrons. The van der Waals surface area contributed by atoms with E-state index in [1.807, 2.05) is 13.8 Å². The van der Waals surface area contributed by atoms with Crippen LogP contribution in [-0.2, 0) is 7.05 Å². The molecule has 4 rings (SSSR count). The lowest BCUT2D eigenvalue weighted by Crippen LogP contribution is -2.42. The van der Waals surface area contributed by atoms with Crippen LogP contribution in [-0.4, -0.2) is 50.7 Å². The number of nitrogens with zero attached hydrogens (tertiary/aromatic N) is 4. The van der Waals surface area contributed by atoms with Gasteiger partial charge in [-0.3, -0.25) is 14.3 Å². The van der Waals surface area contributed by atoms with Crippen LogP contribution in [0.1, 0.15) is 41.0 Å². The third-order valence-electron chi connectivity index (χ3n) is 4.88. The molecule has 2 aromatic heterocycles. The van der Waals surface area contributed by atoms with Crippen molar-refractivity contribution in [2.75, 3.05) is 18.4 Å². The molecule has 1 saturated heterocycles. The highest BCUT2D eigenvalue weighted by Crippen LogP contribution is 2.32. The molecule has 1 aromatic carbocycles. The van der Waals surface area contributed by atoms with E-state index in [2.05, 4.69) is 15.4 Å². The first kappa shape index (κ1) is 22.6. The number of likely N-dealkylation sites (tertiary alicyclic amines) is 1. The van der Waals surface area contributed by atoms with Crippen LogP contribution in [0.15, 0.2) is 42.7 Å². The van der Waals surface area contributed by atoms with Gasteiger partial charge in [0.1, 0.15) is 16.5 Å². The highest BCUT2D eigenvalue weighted by molar-refractivity contribution is 6.32. The minimum atomic E-state index is -0.373. The van der Waals surface area contributed by atoms with Crippen LogP contribution >= 0.6 is 11.6 Å². The number of ether oxygens (including phenoxy) is 2. The van der Waals surface area contributed by atoms with Crippen LogP contribution < -0.4 is 14.8 Å². The molecule has 2 amide bonds. The summed E-state index contributed by atoms with van der Waals surface area (Å²) in [5, 5.41) is 7.09. The standard InChI is InChI=1S/C23H24ClN5O4/c1-14(2)32-17-9-15(21(30)26-20-5-8-28(3)27-20)10-18(12-17)33-22-19(24)11-16(13-25-22)23(31)29-6-4-7-29/h5,8-14H,4,6-7H2,1-3H3,(H,26,27,30). The zero-order valence-corrected chi connectivity index (χ0v) is 19.3. The number of aryl methyl sites for hydroxylation is 1. The maximum absolute atomic E-state index is 12.8. The maximum atomic E-state index is 12.8. The summed E-state index contributed by atoms with van der Waals surface area (Å²) >= 11 is 6.35. The van der Waals surface area contributed by atoms with Crippen molar-refractivity contribution in [2.45, 2.75) is 26.4 Å². The van der Waals surface area contributed by atoms with Crippen LogP contribution in [0.5, 0.6) is 17.4 Å². The average Bonchev–Trinajstić information content (AvgIpc) is 3.12. The Balaban J connectivity index is 1.57. The van der Waals surface area contributed by atoms with Gasteiger partial charge in [0, 0.05) is 50.2 Å². The van der Waals surface area contributed by atoms with E-state index in [-0.39, 0.29) is 28.8 Å². The lowest BCUT2D eigenvalue weighted by molar-refractivity contribution is 0.0651. The average molecular weight is 470 g/mol. The molecule has 1 aliphatic rings. The van der Waals surface area contributed by atoms with Gasteiger partial charge < -0.3 is 19.7 Å². The summed E-state index contributed by atoms with van der Waals surface area (Å²) in [6.07, 6.45) is 4.05. The van der Waals surface area contributed by atoms with Gasteiger partial charge in [0.05, 0.1) is 11.7 Å². The van der Waals surface area contributed by atoms with Gasteiger partial charge in [-0.2, -0.15) is 5.10 Å². The lowest BCUT2D eigenvalue weighted by Gasteiger charge is -2.30. The fraction of sp³-hybridized carbons (Fsp3) is 0.304. The molecule has 0 bridgehead atoms. The summed E-state index contributed by atoms with van der Waals surface area (Å²) in [7, 11) is 1.76. The minimum absolute atomic E-state index is 0.108. The van der Waals surface area contributed by atoms with Gasteiger partial charge >= 0.3 is 0 Å². The van der Waals surface area contributed by atoms with Crippen molar-refractivity contribution < 1.29 is 19.1 Å². The van der Waals surface area contributed by atoms with Crippen LogP contribution in [0.2, 0.25) is 5.02 Å². The first-order valence-corrected chi connectivity index (χ1v) is 10.9. The minimum Gasteiger partial charge on any atom is -0.491 e. The number of amides is 2. The van der Waals surface area contributed by atoms with Gasteiger partial charge in [-0.25, -0.2) is 4.98 Å². The van der Waals surface area contributed by atoms with Crippen LogP contribution in [0.25, 0.3) is 0 Å². The number of hydrogen-bond acceptors (Lipinski definition) is 6. The largest absolute Gasteiger partial charge is 0.491 e. The lowest BCUT2D eigenvalue weighted by atomic mass is 10.1. The Hall–Kier alpha value is -3.59. The molecule has 3 heterocycles. The Morgan fingerprint density at radius 1 is 1.12 bits per heavy atom. The Morgan fingerprint density at radius 2 is 1.88 bits per heavy atom. The highest BCUT2D eigenvalue weighted by Gasteiger charge is 2.23. The van der Waals surface area contributed by atoms with Crippen molar-refractivity contribution >= 4 is 29.2 Å². The summed E-state index contributed by atoms with van der Waals surface area (Å²) in [5.41, 5.74) is 0.717. The monoisotopic (exact) mass is 469 g/mol. The summed E-state index contributed by atoms with van der Waals surface area (Å²) in [4.78, 5) is 31.1. The number of benzene rings is 1. The molecule has 33 heavy (non-hydrogen) atoms. The van der Waals surface area contributed by atoms with Crippen LogP contribution in [0.3, 0.4) is 0 Å². The van der Waals surface area contributed by atoms with Crippen molar-refractivity contribution in [2.24, 2.45) is 7.05 Å². The van der Waals surface area contributed by atoms with E-state index in [0.717, 1.165) is 19.5 Å². The van der Waals surface area contributed by atoms with Gasteiger partial charge in [0.15, 0.2) is 5.82 Å². The molecule has 0 spiro atoms. The number of aromatic nitrogens is 3. The zero-order valence-electron chi connectivity index (χ0n) is 18.5. The predicted octanol–water partition coefficient (Wildman–Crippen LogP) is 4.15. The fourth-order valence-corrected chi connectivity index (χ4v) is 3.41. The Morgan fingerprint density at radius 3 is 2.48 bits per heavy atom. The van der Waals surface area contributed by atoms with Crippen LogP contribution in [0.4, 0.5) is 5.82 Å². The second-order valence-corrected chi connectivity index (χ2v) is 8.35. The van der Waals surface area contributed by atoms with Crippen molar-refractivity contribution in [3.05, 3.63) is 58.9 Å². The van der Waals surface area contributed by atoms with E-state index in [1.165, 1.54) is 12.3 Å². The number of carbonyl (C=O) groups excluding carboxylic acids is 2. The summed E-state index contributed by atoms with van der Waals surface area (Å²) < 4.78 is 13.2. The third-order valence-corrected chi connectivity index (χ3v) is 5.15. The second-order valence-electron chi connectivity index (χ2n) is 7.95. The first-order valence-electron chi connectivity index (χ1n) is 10.5. The van der Waals surface area contributed by atoms with Gasteiger partial charge in [0.2, 0.25) is 5.88 Å². The van der Waals surface area contributed by atoms with E-state index < -0.39 is 0 Å². The highest BCUT2D eigenvalue weighted by atomic mass is 35.5. The summed E-state index contributed by atoms with van der Waals surface area (Å²) in [6.45, 7) is 5.24. The van der Waals surface area contributed by atoms with Crippen molar-refractivity contribution in [1.82, 2.24) is 19.7 Å². The molecule has 10 heteroatoms. The van der Waals surface area contributed by atoms with E-state index in [0.29, 0.717) is 28.4 Å². The Bertz CT molecular complexity index is 1190. The number of anilines is 1. The smallest absolute Gasteiger partial charge is 0.257 e. The van der Waals surface area contributed by atoms with Crippen molar-refractivity contribution in [3.8, 4) is 17.4 Å². The normalized spacial score (nSPS) is 12.9. The second kappa shape index (κ2) is 9.50. The SMILES string of the molecule is CC(C)Oc1cc(Oc2ncc(C(=O)N3CCC3)cc2Cl)cc(C(=O)Nc2ccn(C)n2)c1. The van der Waals surface area contributed by atoms with E-state index in [9.17, 15) is 9.59 Å². The predicted molar refractivity (Wildman–Crippen MR) is 123 cm³/mol. The molecule has 1 aliphatic heterocycles. The Kier molecular flexibility index (Phi) is 6.50. The van der Waals surface area contributed by atoms with Gasteiger partial charge in [0.25, 0.3) is 11.8 Å².